The van der Waals surface area contributed by atoms with E-state index in [-0.39, 0.29) is 5.82 Å². The number of fused-ring (bicyclic) bond motifs is 2. The number of hydrogen-bond acceptors (Lipinski definition) is 2. The quantitative estimate of drug-likeness (QED) is 0.896. The van der Waals surface area contributed by atoms with Gasteiger partial charge in [0.2, 0.25) is 0 Å². The van der Waals surface area contributed by atoms with Crippen LogP contribution in [0.15, 0.2) is 24.3 Å². The van der Waals surface area contributed by atoms with Crippen molar-refractivity contribution in [3.05, 3.63) is 30.1 Å². The summed E-state index contributed by atoms with van der Waals surface area (Å²) in [5.74, 6) is 0.724. The number of piperidine rings is 1. The first-order chi connectivity index (χ1) is 9.28. The molecule has 1 aromatic carbocycles. The first kappa shape index (κ1) is 12.9. The highest BCUT2D eigenvalue weighted by molar-refractivity contribution is 5.50. The van der Waals surface area contributed by atoms with Crippen LogP contribution in [0.25, 0.3) is 0 Å². The van der Waals surface area contributed by atoms with E-state index in [0.717, 1.165) is 12.5 Å². The molecule has 2 nitrogen and oxygen atoms in total. The Labute approximate surface area is 115 Å². The van der Waals surface area contributed by atoms with Crippen molar-refractivity contribution in [2.75, 3.05) is 18.5 Å². The van der Waals surface area contributed by atoms with E-state index in [0.29, 0.717) is 12.1 Å². The van der Waals surface area contributed by atoms with Gasteiger partial charge in [0.1, 0.15) is 5.82 Å². The average Bonchev–Trinajstić information content (AvgIpc) is 2.69. The molecule has 0 saturated carbocycles. The van der Waals surface area contributed by atoms with E-state index in [4.69, 9.17) is 0 Å². The molecule has 3 rings (SSSR count). The van der Waals surface area contributed by atoms with Crippen LogP contribution in [0.5, 0.6) is 0 Å². The van der Waals surface area contributed by atoms with Crippen LogP contribution in [0.4, 0.5) is 10.1 Å². The van der Waals surface area contributed by atoms with Gasteiger partial charge in [0.15, 0.2) is 0 Å². The zero-order chi connectivity index (χ0) is 13.2. The molecular formula is C16H23FN2. The van der Waals surface area contributed by atoms with Gasteiger partial charge in [-0.2, -0.15) is 0 Å². The molecule has 0 aromatic heterocycles. The molecule has 2 aliphatic heterocycles. The van der Waals surface area contributed by atoms with Gasteiger partial charge in [-0.25, -0.2) is 4.39 Å². The summed E-state index contributed by atoms with van der Waals surface area (Å²) < 4.78 is 13.0. The van der Waals surface area contributed by atoms with Crippen LogP contribution >= 0.6 is 0 Å². The smallest absolute Gasteiger partial charge is 0.123 e. The predicted molar refractivity (Wildman–Crippen MR) is 77.0 cm³/mol. The van der Waals surface area contributed by atoms with Crippen molar-refractivity contribution in [1.82, 2.24) is 5.32 Å². The summed E-state index contributed by atoms with van der Waals surface area (Å²) in [7, 11) is 2.03. The number of nitrogens with zero attached hydrogens (tertiary/aromatic N) is 1. The Morgan fingerprint density at radius 3 is 2.37 bits per heavy atom. The number of rotatable bonds is 4. The second kappa shape index (κ2) is 5.49. The summed E-state index contributed by atoms with van der Waals surface area (Å²) >= 11 is 0. The van der Waals surface area contributed by atoms with Crippen LogP contribution in [0.1, 0.15) is 32.1 Å². The second-order valence-electron chi connectivity index (χ2n) is 6.00. The lowest BCUT2D eigenvalue weighted by molar-refractivity contribution is 0.321. The Hall–Kier alpha value is -1.09. The van der Waals surface area contributed by atoms with Crippen LogP contribution in [-0.2, 0) is 0 Å². The molecule has 2 saturated heterocycles. The standard InChI is InChI=1S/C16H23FN2/c1-18-9-8-12-10-15-6-7-16(11-12)19(15)14-4-2-13(17)3-5-14/h2-5,12,15-16,18H,6-11H2,1H3. The number of halogens is 1. The topological polar surface area (TPSA) is 15.3 Å². The summed E-state index contributed by atoms with van der Waals surface area (Å²) in [5.41, 5.74) is 1.21. The second-order valence-corrected chi connectivity index (χ2v) is 6.00. The maximum atomic E-state index is 13.0. The third kappa shape index (κ3) is 2.62. The minimum atomic E-state index is -0.139. The first-order valence-electron chi connectivity index (χ1n) is 7.46. The molecule has 19 heavy (non-hydrogen) atoms. The van der Waals surface area contributed by atoms with E-state index in [1.165, 1.54) is 37.8 Å². The molecule has 1 N–H and O–H groups in total. The van der Waals surface area contributed by atoms with Crippen molar-refractivity contribution < 1.29 is 4.39 Å². The molecule has 104 valence electrons. The summed E-state index contributed by atoms with van der Waals surface area (Å²) in [6, 6.07) is 8.39. The molecule has 0 radical (unpaired) electrons. The number of hydrogen-bond donors (Lipinski definition) is 1. The van der Waals surface area contributed by atoms with Gasteiger partial charge < -0.3 is 10.2 Å². The minimum absolute atomic E-state index is 0.139. The highest BCUT2D eigenvalue weighted by Gasteiger charge is 2.40. The summed E-state index contributed by atoms with van der Waals surface area (Å²) in [6.45, 7) is 1.13. The van der Waals surface area contributed by atoms with E-state index in [9.17, 15) is 4.39 Å². The van der Waals surface area contributed by atoms with Crippen molar-refractivity contribution in [3.8, 4) is 0 Å². The van der Waals surface area contributed by atoms with Crippen LogP contribution < -0.4 is 10.2 Å². The van der Waals surface area contributed by atoms with Gasteiger partial charge in [0.25, 0.3) is 0 Å². The molecule has 3 heteroatoms. The average molecular weight is 262 g/mol. The van der Waals surface area contributed by atoms with Gasteiger partial charge in [-0.15, -0.1) is 0 Å². The van der Waals surface area contributed by atoms with E-state index in [1.54, 1.807) is 12.1 Å². The Bertz CT molecular complexity index is 403. The molecule has 2 atom stereocenters. The van der Waals surface area contributed by atoms with E-state index >= 15 is 0 Å². The number of nitrogens with one attached hydrogen (secondary N) is 1. The Morgan fingerprint density at radius 1 is 1.16 bits per heavy atom. The summed E-state index contributed by atoms with van der Waals surface area (Å²) in [4.78, 5) is 2.55. The highest BCUT2D eigenvalue weighted by Crippen LogP contribution is 2.42. The Kier molecular flexibility index (Phi) is 3.74. The number of anilines is 1. The van der Waals surface area contributed by atoms with Gasteiger partial charge in [-0.05, 0) is 75.9 Å². The molecule has 2 unspecified atom stereocenters. The van der Waals surface area contributed by atoms with Crippen molar-refractivity contribution in [1.29, 1.82) is 0 Å². The molecule has 0 spiro atoms. The third-order valence-electron chi connectivity index (χ3n) is 4.76. The maximum Gasteiger partial charge on any atom is 0.123 e. The van der Waals surface area contributed by atoms with Crippen molar-refractivity contribution in [2.24, 2.45) is 5.92 Å². The molecule has 2 bridgehead atoms. The monoisotopic (exact) mass is 262 g/mol. The van der Waals surface area contributed by atoms with Crippen LogP contribution in [0.3, 0.4) is 0 Å². The molecule has 1 aromatic rings. The van der Waals surface area contributed by atoms with Crippen LogP contribution in [-0.4, -0.2) is 25.7 Å². The zero-order valence-electron chi connectivity index (χ0n) is 11.6. The summed E-state index contributed by atoms with van der Waals surface area (Å²) in [5, 5.41) is 3.26. The van der Waals surface area contributed by atoms with E-state index < -0.39 is 0 Å². The third-order valence-corrected chi connectivity index (χ3v) is 4.76. The van der Waals surface area contributed by atoms with Crippen LogP contribution in [0.2, 0.25) is 0 Å². The van der Waals surface area contributed by atoms with Gasteiger partial charge in [-0.1, -0.05) is 0 Å². The largest absolute Gasteiger partial charge is 0.366 e. The Morgan fingerprint density at radius 2 is 1.79 bits per heavy atom. The lowest BCUT2D eigenvalue weighted by Gasteiger charge is -2.40. The molecule has 0 aliphatic carbocycles. The van der Waals surface area contributed by atoms with Crippen molar-refractivity contribution in [3.63, 3.8) is 0 Å². The maximum absolute atomic E-state index is 13.0. The predicted octanol–water partition coefficient (Wildman–Crippen LogP) is 3.18. The normalized spacial score (nSPS) is 29.8. The van der Waals surface area contributed by atoms with Gasteiger partial charge in [-0.3, -0.25) is 0 Å². The van der Waals surface area contributed by atoms with Gasteiger partial charge >= 0.3 is 0 Å². The lowest BCUT2D eigenvalue weighted by atomic mass is 9.88. The Balaban J connectivity index is 1.71. The van der Waals surface area contributed by atoms with Crippen LogP contribution in [0, 0.1) is 11.7 Å². The van der Waals surface area contributed by atoms with E-state index in [2.05, 4.69) is 10.2 Å². The molecule has 2 heterocycles. The molecule has 2 aliphatic rings. The SMILES string of the molecule is CNCCC1CC2CCC(C1)N2c1ccc(F)cc1. The summed E-state index contributed by atoms with van der Waals surface area (Å²) in [6.07, 6.45) is 6.50. The zero-order valence-corrected chi connectivity index (χ0v) is 11.6. The fourth-order valence-electron chi connectivity index (χ4n) is 3.91. The molecular weight excluding hydrogens is 239 g/mol. The highest BCUT2D eigenvalue weighted by atomic mass is 19.1. The molecule has 0 amide bonds. The lowest BCUT2D eigenvalue weighted by Crippen LogP contribution is -2.43. The van der Waals surface area contributed by atoms with Crippen molar-refractivity contribution in [2.45, 2.75) is 44.2 Å². The van der Waals surface area contributed by atoms with E-state index in [1.807, 2.05) is 19.2 Å². The first-order valence-corrected chi connectivity index (χ1v) is 7.46. The fraction of sp³-hybridized carbons (Fsp3) is 0.625. The van der Waals surface area contributed by atoms with Gasteiger partial charge in [0, 0.05) is 17.8 Å². The molecule has 2 fully saturated rings. The van der Waals surface area contributed by atoms with Crippen molar-refractivity contribution >= 4 is 5.69 Å². The minimum Gasteiger partial charge on any atom is -0.366 e. The number of benzene rings is 1. The fourth-order valence-corrected chi connectivity index (χ4v) is 3.91. The van der Waals surface area contributed by atoms with Gasteiger partial charge in [0.05, 0.1) is 0 Å².